The Morgan fingerprint density at radius 2 is 2.38 bits per heavy atom. The maximum absolute atomic E-state index is 13.1. The van der Waals surface area contributed by atoms with Gasteiger partial charge >= 0.3 is 0 Å². The van der Waals surface area contributed by atoms with Crippen LogP contribution in [0.25, 0.3) is 10.2 Å². The van der Waals surface area contributed by atoms with Gasteiger partial charge in [0.15, 0.2) is 0 Å². The first-order valence-electron chi connectivity index (χ1n) is 5.45. The summed E-state index contributed by atoms with van der Waals surface area (Å²) in [5, 5.41) is 4.48. The Morgan fingerprint density at radius 1 is 1.50 bits per heavy atom. The molecule has 0 radical (unpaired) electrons. The number of thiazole rings is 1. The van der Waals surface area contributed by atoms with Crippen molar-refractivity contribution in [2.75, 3.05) is 13.1 Å². The van der Waals surface area contributed by atoms with Crippen LogP contribution in [0, 0.1) is 5.82 Å². The Labute approximate surface area is 97.5 Å². The lowest BCUT2D eigenvalue weighted by Crippen LogP contribution is -2.24. The highest BCUT2D eigenvalue weighted by atomic mass is 32.1. The summed E-state index contributed by atoms with van der Waals surface area (Å²) in [6, 6.07) is 4.81. The summed E-state index contributed by atoms with van der Waals surface area (Å²) >= 11 is 1.62. The normalized spacial score (nSPS) is 25.4. The number of rotatable bonds is 1. The molecule has 1 aliphatic rings. The molecule has 1 unspecified atom stereocenters. The van der Waals surface area contributed by atoms with Gasteiger partial charge in [-0.1, -0.05) is 6.92 Å². The fourth-order valence-corrected chi connectivity index (χ4v) is 3.32. The molecule has 0 spiro atoms. The van der Waals surface area contributed by atoms with Gasteiger partial charge in [-0.05, 0) is 31.2 Å². The van der Waals surface area contributed by atoms with Gasteiger partial charge in [0.25, 0.3) is 0 Å². The van der Waals surface area contributed by atoms with E-state index in [0.717, 1.165) is 34.7 Å². The number of hydrogen-bond donors (Lipinski definition) is 1. The molecule has 2 nitrogen and oxygen atoms in total. The van der Waals surface area contributed by atoms with Gasteiger partial charge in [0.05, 0.1) is 10.2 Å². The van der Waals surface area contributed by atoms with Crippen molar-refractivity contribution in [2.24, 2.45) is 0 Å². The Hall–Kier alpha value is -1.00. The average Bonchev–Trinajstić information content (AvgIpc) is 2.84. The monoisotopic (exact) mass is 236 g/mol. The largest absolute Gasteiger partial charge is 0.316 e. The highest BCUT2D eigenvalue weighted by Gasteiger charge is 2.33. The van der Waals surface area contributed by atoms with Crippen LogP contribution < -0.4 is 5.32 Å². The third kappa shape index (κ3) is 1.53. The van der Waals surface area contributed by atoms with E-state index in [1.54, 1.807) is 23.5 Å². The summed E-state index contributed by atoms with van der Waals surface area (Å²) in [4.78, 5) is 4.62. The van der Waals surface area contributed by atoms with Crippen molar-refractivity contribution in [2.45, 2.75) is 18.8 Å². The van der Waals surface area contributed by atoms with Gasteiger partial charge in [-0.25, -0.2) is 9.37 Å². The fraction of sp³-hybridized carbons (Fsp3) is 0.417. The van der Waals surface area contributed by atoms with E-state index in [4.69, 9.17) is 0 Å². The molecule has 84 valence electrons. The zero-order valence-corrected chi connectivity index (χ0v) is 9.90. The second-order valence-electron chi connectivity index (χ2n) is 4.62. The van der Waals surface area contributed by atoms with Crippen LogP contribution in [0.4, 0.5) is 4.39 Å². The van der Waals surface area contributed by atoms with Crippen LogP contribution in [0.1, 0.15) is 18.4 Å². The lowest BCUT2D eigenvalue weighted by Gasteiger charge is -2.18. The van der Waals surface area contributed by atoms with E-state index in [0.29, 0.717) is 0 Å². The van der Waals surface area contributed by atoms with E-state index in [9.17, 15) is 4.39 Å². The van der Waals surface area contributed by atoms with Crippen LogP contribution in [0.5, 0.6) is 0 Å². The van der Waals surface area contributed by atoms with Crippen molar-refractivity contribution in [3.05, 3.63) is 29.0 Å². The molecule has 1 fully saturated rings. The Balaban J connectivity index is 2.11. The Kier molecular flexibility index (Phi) is 2.23. The number of nitrogens with zero attached hydrogens (tertiary/aromatic N) is 1. The minimum absolute atomic E-state index is 0.125. The molecule has 16 heavy (non-hydrogen) atoms. The summed E-state index contributed by atoms with van der Waals surface area (Å²) in [7, 11) is 0. The number of benzene rings is 1. The highest BCUT2D eigenvalue weighted by molar-refractivity contribution is 7.18. The minimum atomic E-state index is -0.183. The maximum Gasteiger partial charge on any atom is 0.124 e. The zero-order chi connectivity index (χ0) is 11.2. The van der Waals surface area contributed by atoms with Crippen LogP contribution in [0.3, 0.4) is 0 Å². The molecular weight excluding hydrogens is 223 g/mol. The SMILES string of the molecule is CC1(c2nc3ccc(F)cc3s2)CCNC1. The molecule has 3 rings (SSSR count). The summed E-state index contributed by atoms with van der Waals surface area (Å²) in [5.41, 5.74) is 1.04. The van der Waals surface area contributed by atoms with E-state index in [-0.39, 0.29) is 11.2 Å². The molecule has 1 aromatic heterocycles. The van der Waals surface area contributed by atoms with Crippen LogP contribution in [0.2, 0.25) is 0 Å². The molecule has 2 heterocycles. The number of fused-ring (bicyclic) bond motifs is 1. The molecule has 1 aromatic carbocycles. The summed E-state index contributed by atoms with van der Waals surface area (Å²) < 4.78 is 14.0. The van der Waals surface area contributed by atoms with Gasteiger partial charge in [0, 0.05) is 12.0 Å². The highest BCUT2D eigenvalue weighted by Crippen LogP contribution is 2.35. The third-order valence-electron chi connectivity index (χ3n) is 3.24. The van der Waals surface area contributed by atoms with Crippen molar-refractivity contribution in [3.8, 4) is 0 Å². The second kappa shape index (κ2) is 3.50. The van der Waals surface area contributed by atoms with E-state index in [2.05, 4.69) is 17.2 Å². The predicted octanol–water partition coefficient (Wildman–Crippen LogP) is 2.69. The third-order valence-corrected chi connectivity index (χ3v) is 4.56. The lowest BCUT2D eigenvalue weighted by atomic mass is 9.91. The Bertz CT molecular complexity index is 529. The molecule has 0 saturated carbocycles. The summed E-state index contributed by atoms with van der Waals surface area (Å²) in [6.45, 7) is 4.23. The van der Waals surface area contributed by atoms with Crippen molar-refractivity contribution < 1.29 is 4.39 Å². The van der Waals surface area contributed by atoms with Gasteiger partial charge in [-0.2, -0.15) is 0 Å². The molecular formula is C12H13FN2S. The van der Waals surface area contributed by atoms with Crippen LogP contribution in [-0.2, 0) is 5.41 Å². The van der Waals surface area contributed by atoms with E-state index in [1.165, 1.54) is 6.07 Å². The molecule has 0 aliphatic carbocycles. The molecule has 0 bridgehead atoms. The number of aromatic nitrogens is 1. The molecule has 4 heteroatoms. The van der Waals surface area contributed by atoms with Gasteiger partial charge < -0.3 is 5.32 Å². The van der Waals surface area contributed by atoms with E-state index >= 15 is 0 Å². The number of halogens is 1. The fourth-order valence-electron chi connectivity index (χ4n) is 2.16. The van der Waals surface area contributed by atoms with Gasteiger partial charge in [-0.15, -0.1) is 11.3 Å². The maximum atomic E-state index is 13.1. The Morgan fingerprint density at radius 3 is 3.12 bits per heavy atom. The van der Waals surface area contributed by atoms with Crippen molar-refractivity contribution in [3.63, 3.8) is 0 Å². The first-order valence-corrected chi connectivity index (χ1v) is 6.26. The average molecular weight is 236 g/mol. The van der Waals surface area contributed by atoms with Crippen molar-refractivity contribution in [1.82, 2.24) is 10.3 Å². The van der Waals surface area contributed by atoms with Crippen molar-refractivity contribution >= 4 is 21.6 Å². The van der Waals surface area contributed by atoms with Gasteiger partial charge in [0.1, 0.15) is 10.8 Å². The van der Waals surface area contributed by atoms with Crippen LogP contribution in [0.15, 0.2) is 18.2 Å². The number of nitrogens with one attached hydrogen (secondary N) is 1. The van der Waals surface area contributed by atoms with Crippen molar-refractivity contribution in [1.29, 1.82) is 0 Å². The first kappa shape index (κ1) is 10.2. The topological polar surface area (TPSA) is 24.9 Å². The van der Waals surface area contributed by atoms with E-state index < -0.39 is 0 Å². The second-order valence-corrected chi connectivity index (χ2v) is 5.65. The summed E-state index contributed by atoms with van der Waals surface area (Å²) in [5.74, 6) is -0.183. The van der Waals surface area contributed by atoms with E-state index in [1.807, 2.05) is 0 Å². The van der Waals surface area contributed by atoms with Crippen LogP contribution >= 0.6 is 11.3 Å². The minimum Gasteiger partial charge on any atom is -0.316 e. The zero-order valence-electron chi connectivity index (χ0n) is 9.09. The predicted molar refractivity (Wildman–Crippen MR) is 64.4 cm³/mol. The first-order chi connectivity index (χ1) is 7.67. The quantitative estimate of drug-likeness (QED) is 0.823. The standard InChI is InChI=1S/C12H13FN2S/c1-12(4-5-14-7-12)11-15-9-3-2-8(13)6-10(9)16-11/h2-3,6,14H,4-5,7H2,1H3. The molecule has 1 aliphatic heterocycles. The summed E-state index contributed by atoms with van der Waals surface area (Å²) in [6.07, 6.45) is 1.11. The van der Waals surface area contributed by atoms with Gasteiger partial charge in [0.2, 0.25) is 0 Å². The number of hydrogen-bond acceptors (Lipinski definition) is 3. The van der Waals surface area contributed by atoms with Crippen LogP contribution in [-0.4, -0.2) is 18.1 Å². The molecule has 1 atom stereocenters. The molecule has 0 amide bonds. The smallest absolute Gasteiger partial charge is 0.124 e. The lowest BCUT2D eigenvalue weighted by molar-refractivity contribution is 0.523. The molecule has 1 saturated heterocycles. The molecule has 1 N–H and O–H groups in total. The van der Waals surface area contributed by atoms with Gasteiger partial charge in [-0.3, -0.25) is 0 Å². The molecule has 2 aromatic rings.